The number of amides is 2. The average Bonchev–Trinajstić information content (AvgIpc) is 3.02. The average molecular weight is 397 g/mol. The lowest BCUT2D eigenvalue weighted by atomic mass is 10.1. The number of nitrogens with one attached hydrogen (secondary N) is 1. The number of nitrogens with zero attached hydrogens (tertiary/aromatic N) is 2. The fourth-order valence-corrected chi connectivity index (χ4v) is 3.28. The number of para-hydroxylation sites is 3. The Kier molecular flexibility index (Phi) is 6.78. The Balaban J connectivity index is 1.67. The number of hydrogen-bond acceptors (Lipinski definition) is 5. The molecule has 8 heteroatoms. The highest BCUT2D eigenvalue weighted by Crippen LogP contribution is 2.26. The SMILES string of the molecule is O=C(COc1ccccc1[N+](=O)[O-])Nc1ccccc1C(=O)N1CCCCCC1. The van der Waals surface area contributed by atoms with Crippen molar-refractivity contribution in [2.24, 2.45) is 0 Å². The van der Waals surface area contributed by atoms with Crippen LogP contribution < -0.4 is 10.1 Å². The number of nitro groups is 1. The van der Waals surface area contributed by atoms with Gasteiger partial charge in [-0.2, -0.15) is 0 Å². The van der Waals surface area contributed by atoms with Gasteiger partial charge in [-0.05, 0) is 31.0 Å². The van der Waals surface area contributed by atoms with Crippen molar-refractivity contribution in [2.75, 3.05) is 25.0 Å². The van der Waals surface area contributed by atoms with Gasteiger partial charge in [-0.3, -0.25) is 19.7 Å². The quantitative estimate of drug-likeness (QED) is 0.592. The van der Waals surface area contributed by atoms with Crippen molar-refractivity contribution in [3.63, 3.8) is 0 Å². The van der Waals surface area contributed by atoms with Crippen LogP contribution in [0.25, 0.3) is 0 Å². The first-order valence-corrected chi connectivity index (χ1v) is 9.60. The number of carbonyl (C=O) groups is 2. The Morgan fingerprint density at radius 2 is 1.66 bits per heavy atom. The summed E-state index contributed by atoms with van der Waals surface area (Å²) in [7, 11) is 0. The lowest BCUT2D eigenvalue weighted by Gasteiger charge is -2.22. The number of hydrogen-bond donors (Lipinski definition) is 1. The Morgan fingerprint density at radius 3 is 2.38 bits per heavy atom. The Morgan fingerprint density at radius 1 is 1.00 bits per heavy atom. The van der Waals surface area contributed by atoms with Crippen molar-refractivity contribution in [3.8, 4) is 5.75 Å². The summed E-state index contributed by atoms with van der Waals surface area (Å²) in [5.74, 6) is -0.594. The molecular weight excluding hydrogens is 374 g/mol. The van der Waals surface area contributed by atoms with Crippen molar-refractivity contribution in [3.05, 3.63) is 64.2 Å². The summed E-state index contributed by atoms with van der Waals surface area (Å²) >= 11 is 0. The molecule has 8 nitrogen and oxygen atoms in total. The van der Waals surface area contributed by atoms with Crippen molar-refractivity contribution in [2.45, 2.75) is 25.7 Å². The standard InChI is InChI=1S/C21H23N3O5/c25-20(15-29-19-12-6-5-11-18(19)24(27)28)22-17-10-4-3-9-16(17)21(26)23-13-7-1-2-8-14-23/h3-6,9-12H,1-2,7-8,13-15H2,(H,22,25). The van der Waals surface area contributed by atoms with Gasteiger partial charge >= 0.3 is 5.69 Å². The molecule has 0 radical (unpaired) electrons. The molecule has 2 aromatic rings. The number of benzene rings is 2. The third kappa shape index (κ3) is 5.31. The summed E-state index contributed by atoms with van der Waals surface area (Å²) in [5.41, 5.74) is 0.614. The van der Waals surface area contributed by atoms with Gasteiger partial charge < -0.3 is 15.0 Å². The van der Waals surface area contributed by atoms with E-state index in [-0.39, 0.29) is 17.3 Å². The molecule has 1 heterocycles. The molecule has 0 saturated carbocycles. The van der Waals surface area contributed by atoms with Crippen LogP contribution >= 0.6 is 0 Å². The fourth-order valence-electron chi connectivity index (χ4n) is 3.28. The molecule has 0 atom stereocenters. The van der Waals surface area contributed by atoms with E-state index in [9.17, 15) is 19.7 Å². The minimum atomic E-state index is -0.567. The predicted octanol–water partition coefficient (Wildman–Crippen LogP) is 3.63. The minimum Gasteiger partial charge on any atom is -0.477 e. The first-order chi connectivity index (χ1) is 14.1. The molecule has 1 saturated heterocycles. The van der Waals surface area contributed by atoms with E-state index in [0.717, 1.165) is 25.7 Å². The van der Waals surface area contributed by atoms with Gasteiger partial charge in [0.15, 0.2) is 12.4 Å². The smallest absolute Gasteiger partial charge is 0.310 e. The van der Waals surface area contributed by atoms with Crippen LogP contribution in [0.2, 0.25) is 0 Å². The maximum Gasteiger partial charge on any atom is 0.310 e. The zero-order chi connectivity index (χ0) is 20.6. The summed E-state index contributed by atoms with van der Waals surface area (Å²) in [6.07, 6.45) is 4.18. The van der Waals surface area contributed by atoms with Gasteiger partial charge in [0.1, 0.15) is 0 Å². The number of anilines is 1. The van der Waals surface area contributed by atoms with Crippen LogP contribution in [0, 0.1) is 10.1 Å². The number of rotatable bonds is 6. The second-order valence-corrected chi connectivity index (χ2v) is 6.81. The van der Waals surface area contributed by atoms with Gasteiger partial charge in [-0.25, -0.2) is 0 Å². The summed E-state index contributed by atoms with van der Waals surface area (Å²) in [4.78, 5) is 37.6. The van der Waals surface area contributed by atoms with Crippen molar-refractivity contribution >= 4 is 23.2 Å². The maximum absolute atomic E-state index is 12.9. The summed E-state index contributed by atoms with van der Waals surface area (Å²) in [6.45, 7) is 1.01. The highest BCUT2D eigenvalue weighted by Gasteiger charge is 2.21. The Hall–Kier alpha value is -3.42. The van der Waals surface area contributed by atoms with Gasteiger partial charge in [0, 0.05) is 19.2 Å². The molecule has 0 aliphatic carbocycles. The largest absolute Gasteiger partial charge is 0.477 e. The Bertz CT molecular complexity index is 891. The molecule has 0 unspecified atom stereocenters. The molecule has 2 amide bonds. The highest BCUT2D eigenvalue weighted by molar-refractivity contribution is 6.04. The molecule has 0 bridgehead atoms. The highest BCUT2D eigenvalue weighted by atomic mass is 16.6. The molecule has 3 rings (SSSR count). The molecule has 1 aliphatic rings. The second kappa shape index (κ2) is 9.68. The molecule has 1 aliphatic heterocycles. The zero-order valence-corrected chi connectivity index (χ0v) is 16.0. The molecule has 29 heavy (non-hydrogen) atoms. The summed E-state index contributed by atoms with van der Waals surface area (Å²) in [5, 5.41) is 13.7. The van der Waals surface area contributed by atoms with Crippen LogP contribution in [-0.2, 0) is 4.79 Å². The van der Waals surface area contributed by atoms with E-state index in [4.69, 9.17) is 4.74 Å². The van der Waals surface area contributed by atoms with Crippen LogP contribution in [0.15, 0.2) is 48.5 Å². The fraction of sp³-hybridized carbons (Fsp3) is 0.333. The van der Waals surface area contributed by atoms with E-state index in [0.29, 0.717) is 24.3 Å². The van der Waals surface area contributed by atoms with Gasteiger partial charge in [0.25, 0.3) is 11.8 Å². The first-order valence-electron chi connectivity index (χ1n) is 9.60. The maximum atomic E-state index is 12.9. The summed E-state index contributed by atoms with van der Waals surface area (Å²) in [6, 6.07) is 12.7. The van der Waals surface area contributed by atoms with Crippen molar-refractivity contribution < 1.29 is 19.2 Å². The molecule has 1 N–H and O–H groups in total. The number of nitro benzene ring substituents is 1. The molecular formula is C21H23N3O5. The van der Waals surface area contributed by atoms with Crippen molar-refractivity contribution in [1.82, 2.24) is 4.90 Å². The number of likely N-dealkylation sites (tertiary alicyclic amines) is 1. The monoisotopic (exact) mass is 397 g/mol. The zero-order valence-electron chi connectivity index (χ0n) is 16.0. The molecule has 0 spiro atoms. The van der Waals surface area contributed by atoms with E-state index in [1.807, 2.05) is 4.90 Å². The van der Waals surface area contributed by atoms with Gasteiger partial charge in [0.05, 0.1) is 16.2 Å². The van der Waals surface area contributed by atoms with Crippen LogP contribution in [0.4, 0.5) is 11.4 Å². The minimum absolute atomic E-state index is 0.0154. The normalized spacial score (nSPS) is 14.0. The molecule has 2 aromatic carbocycles. The first kappa shape index (κ1) is 20.3. The van der Waals surface area contributed by atoms with Gasteiger partial charge in [-0.15, -0.1) is 0 Å². The van der Waals surface area contributed by atoms with Crippen molar-refractivity contribution in [1.29, 1.82) is 0 Å². The summed E-state index contributed by atoms with van der Waals surface area (Å²) < 4.78 is 5.32. The third-order valence-corrected chi connectivity index (χ3v) is 4.75. The van der Waals surface area contributed by atoms with Crippen LogP contribution in [-0.4, -0.2) is 41.3 Å². The van der Waals surface area contributed by atoms with Gasteiger partial charge in [-0.1, -0.05) is 37.1 Å². The van der Waals surface area contributed by atoms with E-state index >= 15 is 0 Å². The van der Waals surface area contributed by atoms with Crippen LogP contribution in [0.5, 0.6) is 5.75 Å². The van der Waals surface area contributed by atoms with E-state index in [1.54, 1.807) is 30.3 Å². The van der Waals surface area contributed by atoms with E-state index in [1.165, 1.54) is 18.2 Å². The Labute approximate surface area is 168 Å². The second-order valence-electron chi connectivity index (χ2n) is 6.81. The van der Waals surface area contributed by atoms with Crippen LogP contribution in [0.1, 0.15) is 36.0 Å². The van der Waals surface area contributed by atoms with E-state index in [2.05, 4.69) is 5.32 Å². The van der Waals surface area contributed by atoms with E-state index < -0.39 is 17.4 Å². The molecule has 0 aromatic heterocycles. The molecule has 1 fully saturated rings. The van der Waals surface area contributed by atoms with Gasteiger partial charge in [0.2, 0.25) is 0 Å². The lowest BCUT2D eigenvalue weighted by Crippen LogP contribution is -2.33. The third-order valence-electron chi connectivity index (χ3n) is 4.75. The van der Waals surface area contributed by atoms with Crippen LogP contribution in [0.3, 0.4) is 0 Å². The number of ether oxygens (including phenoxy) is 1. The lowest BCUT2D eigenvalue weighted by molar-refractivity contribution is -0.385. The topological polar surface area (TPSA) is 102 Å². The number of carbonyl (C=O) groups excluding carboxylic acids is 2. The predicted molar refractivity (Wildman–Crippen MR) is 108 cm³/mol. The molecule has 152 valence electrons.